The van der Waals surface area contributed by atoms with Crippen LogP contribution < -0.4 is 27.8 Å². The molecular formula is C10H20N7O4P. The Bertz CT molecular complexity index is 627. The van der Waals surface area contributed by atoms with Gasteiger partial charge in [-0.05, 0) is 12.8 Å². The summed E-state index contributed by atoms with van der Waals surface area (Å²) >= 11 is 0. The molecule has 1 aromatic rings. The van der Waals surface area contributed by atoms with Gasteiger partial charge in [0.2, 0.25) is 0 Å². The number of guanidine groups is 1. The second-order valence-corrected chi connectivity index (χ2v) is 6.77. The molecule has 22 heavy (non-hydrogen) atoms. The van der Waals surface area contributed by atoms with Crippen LogP contribution in [0.5, 0.6) is 0 Å². The van der Waals surface area contributed by atoms with Crippen molar-refractivity contribution < 1.29 is 19.1 Å². The molecule has 0 bridgehead atoms. The van der Waals surface area contributed by atoms with E-state index in [1.54, 1.807) is 10.9 Å². The zero-order valence-corrected chi connectivity index (χ0v) is 12.9. The Morgan fingerprint density at radius 2 is 2.32 bits per heavy atom. The molecule has 11 nitrogen and oxygen atoms in total. The number of quaternary nitrogens is 1. The molecule has 1 saturated heterocycles. The van der Waals surface area contributed by atoms with Gasteiger partial charge in [-0.15, -0.1) is 0 Å². The molecule has 0 aromatic carbocycles. The first kappa shape index (κ1) is 16.9. The number of anilines is 1. The van der Waals surface area contributed by atoms with E-state index in [2.05, 4.69) is 15.3 Å². The molecule has 3 heterocycles. The molecule has 0 spiro atoms. The van der Waals surface area contributed by atoms with E-state index in [4.69, 9.17) is 21.1 Å². The summed E-state index contributed by atoms with van der Waals surface area (Å²) in [5.41, 5.74) is 12.0. The summed E-state index contributed by atoms with van der Waals surface area (Å²) in [4.78, 5) is 28.2. The minimum Gasteiger partial charge on any atom is -0.777 e. The fourth-order valence-electron chi connectivity index (χ4n) is 2.53. The van der Waals surface area contributed by atoms with Crippen molar-refractivity contribution >= 4 is 19.4 Å². The summed E-state index contributed by atoms with van der Waals surface area (Å²) in [6.07, 6.45) is 1.41. The van der Waals surface area contributed by atoms with E-state index in [1.165, 1.54) is 0 Å². The molecule has 2 aliphatic rings. The van der Waals surface area contributed by atoms with Crippen molar-refractivity contribution in [2.75, 3.05) is 5.32 Å². The van der Waals surface area contributed by atoms with Crippen LogP contribution in [0.25, 0.3) is 0 Å². The smallest absolute Gasteiger partial charge is 0.196 e. The van der Waals surface area contributed by atoms with Crippen LogP contribution in [0.4, 0.5) is 5.82 Å². The first-order valence-corrected chi connectivity index (χ1v) is 8.09. The number of imidazole rings is 1. The van der Waals surface area contributed by atoms with Gasteiger partial charge in [-0.3, -0.25) is 0 Å². The molecule has 3 rings (SSSR count). The van der Waals surface area contributed by atoms with E-state index in [0.29, 0.717) is 24.5 Å². The van der Waals surface area contributed by atoms with Crippen LogP contribution in [0.2, 0.25) is 0 Å². The molecular weight excluding hydrogens is 313 g/mol. The Balaban J connectivity index is 0.00000176. The zero-order chi connectivity index (χ0) is 15.2. The van der Waals surface area contributed by atoms with Gasteiger partial charge in [-0.1, -0.05) is 0 Å². The lowest BCUT2D eigenvalue weighted by Crippen LogP contribution is -2.32. The number of nitrogens with zero attached hydrogens (tertiary/aromatic N) is 3. The summed E-state index contributed by atoms with van der Waals surface area (Å²) < 4.78 is 18.2. The van der Waals surface area contributed by atoms with Gasteiger partial charge >= 0.3 is 0 Å². The molecule has 1 aromatic heterocycles. The van der Waals surface area contributed by atoms with Gasteiger partial charge in [-0.2, -0.15) is 0 Å². The van der Waals surface area contributed by atoms with E-state index < -0.39 is 19.6 Å². The van der Waals surface area contributed by atoms with Gasteiger partial charge in [0.15, 0.2) is 13.6 Å². The lowest BCUT2D eigenvalue weighted by atomic mass is 10.2. The third kappa shape index (κ3) is 3.14. The van der Waals surface area contributed by atoms with E-state index >= 15 is 0 Å². The van der Waals surface area contributed by atoms with Crippen molar-refractivity contribution in [1.82, 2.24) is 15.7 Å². The SMILES string of the molecule is NC1=NC(N)c2ncn(C[C@@H]3CC[C@H](P(=O)([O-])O)O3)c2N1.[NH4+]. The summed E-state index contributed by atoms with van der Waals surface area (Å²) in [6.45, 7) is 0.381. The quantitative estimate of drug-likeness (QED) is 0.433. The van der Waals surface area contributed by atoms with Crippen molar-refractivity contribution in [3.05, 3.63) is 12.0 Å². The highest BCUT2D eigenvalue weighted by molar-refractivity contribution is 7.50. The molecule has 1 fully saturated rings. The Kier molecular flexibility index (Phi) is 4.57. The number of nitrogens with one attached hydrogen (secondary N) is 1. The van der Waals surface area contributed by atoms with Crippen molar-refractivity contribution in [2.24, 2.45) is 16.5 Å². The number of hydrogen-bond acceptors (Lipinski definition) is 8. The molecule has 10 N–H and O–H groups in total. The van der Waals surface area contributed by atoms with Gasteiger partial charge < -0.3 is 46.6 Å². The van der Waals surface area contributed by atoms with E-state index in [9.17, 15) is 9.46 Å². The summed E-state index contributed by atoms with van der Waals surface area (Å²) in [5.74, 6) is -0.318. The third-order valence-electron chi connectivity index (χ3n) is 3.52. The lowest BCUT2D eigenvalue weighted by Gasteiger charge is -2.24. The van der Waals surface area contributed by atoms with Crippen LogP contribution in [0, 0.1) is 0 Å². The molecule has 0 saturated carbocycles. The summed E-state index contributed by atoms with van der Waals surface area (Å²) in [5, 5.41) is 2.88. The van der Waals surface area contributed by atoms with Crippen molar-refractivity contribution in [3.8, 4) is 0 Å². The molecule has 4 atom stereocenters. The predicted octanol–water partition coefficient (Wildman–Crippen LogP) is -0.992. The molecule has 12 heteroatoms. The lowest BCUT2D eigenvalue weighted by molar-refractivity contribution is -0.204. The highest BCUT2D eigenvalue weighted by Gasteiger charge is 2.33. The van der Waals surface area contributed by atoms with E-state index in [1.807, 2.05) is 0 Å². The maximum atomic E-state index is 11.1. The predicted molar refractivity (Wildman–Crippen MR) is 78.1 cm³/mol. The second kappa shape index (κ2) is 5.95. The van der Waals surface area contributed by atoms with Gasteiger partial charge in [0.1, 0.15) is 23.5 Å². The first-order chi connectivity index (χ1) is 9.84. The highest BCUT2D eigenvalue weighted by atomic mass is 31.2. The van der Waals surface area contributed by atoms with Crippen LogP contribution >= 0.6 is 7.60 Å². The minimum absolute atomic E-state index is 0. The van der Waals surface area contributed by atoms with Crippen LogP contribution in [-0.4, -0.2) is 32.4 Å². The number of fused-ring (bicyclic) bond motifs is 1. The zero-order valence-electron chi connectivity index (χ0n) is 12.0. The number of hydrogen-bond donors (Lipinski definition) is 5. The van der Waals surface area contributed by atoms with E-state index in [-0.39, 0.29) is 24.6 Å². The number of rotatable bonds is 3. The number of aromatic nitrogens is 2. The normalized spacial score (nSPS) is 29.8. The number of nitrogens with two attached hydrogens (primary N) is 2. The first-order valence-electron chi connectivity index (χ1n) is 6.44. The molecule has 0 radical (unpaired) electrons. The molecule has 2 aliphatic heterocycles. The maximum absolute atomic E-state index is 11.1. The fourth-order valence-corrected chi connectivity index (χ4v) is 3.33. The summed E-state index contributed by atoms with van der Waals surface area (Å²) in [6, 6.07) is 0. The van der Waals surface area contributed by atoms with Gasteiger partial charge in [0, 0.05) is 0 Å². The topological polar surface area (TPSA) is 200 Å². The van der Waals surface area contributed by atoms with Gasteiger partial charge in [0.25, 0.3) is 0 Å². The van der Waals surface area contributed by atoms with Crippen LogP contribution in [0.15, 0.2) is 11.3 Å². The highest BCUT2D eigenvalue weighted by Crippen LogP contribution is 2.44. The van der Waals surface area contributed by atoms with Crippen LogP contribution in [0.1, 0.15) is 24.7 Å². The van der Waals surface area contributed by atoms with Crippen LogP contribution in [0.3, 0.4) is 0 Å². The summed E-state index contributed by atoms with van der Waals surface area (Å²) in [7, 11) is -4.46. The van der Waals surface area contributed by atoms with Crippen LogP contribution in [-0.2, 0) is 15.8 Å². The standard InChI is InChI=1S/C10H17N6O4P.H3N/c11-8-7-9(15-10(12)14-8)16(4-13-7)3-5-1-2-6(20-5)21(17,18)19;/h4-6,8H,1-3,11H2,(H3,12,14,15)(H2,17,18,19);1H3/t5-,6-,8?;/m0./s1. The monoisotopic (exact) mass is 333 g/mol. The van der Waals surface area contributed by atoms with E-state index in [0.717, 1.165) is 0 Å². The number of aliphatic imine (C=N–C) groups is 1. The van der Waals surface area contributed by atoms with Gasteiger partial charge in [0.05, 0.1) is 19.0 Å². The second-order valence-electron chi connectivity index (χ2n) is 5.07. The molecule has 124 valence electrons. The van der Waals surface area contributed by atoms with Crippen molar-refractivity contribution in [1.29, 1.82) is 0 Å². The largest absolute Gasteiger partial charge is 0.777 e. The molecule has 2 unspecified atom stereocenters. The molecule has 0 amide bonds. The Hall–Kier alpha value is -1.49. The Morgan fingerprint density at radius 1 is 1.59 bits per heavy atom. The minimum atomic E-state index is -4.46. The average Bonchev–Trinajstić information content (AvgIpc) is 2.97. The number of ether oxygens (including phenoxy) is 1. The maximum Gasteiger partial charge on any atom is 0.196 e. The van der Waals surface area contributed by atoms with Crippen molar-refractivity contribution in [3.63, 3.8) is 0 Å². The fraction of sp³-hybridized carbons (Fsp3) is 0.600. The Labute approximate surface area is 126 Å². The third-order valence-corrected chi connectivity index (χ3v) is 4.63. The van der Waals surface area contributed by atoms with Gasteiger partial charge in [-0.25, -0.2) is 9.98 Å². The molecule has 0 aliphatic carbocycles. The average molecular weight is 333 g/mol. The van der Waals surface area contributed by atoms with Crippen molar-refractivity contribution in [2.45, 2.75) is 37.5 Å². The Morgan fingerprint density at radius 3 is 2.95 bits per heavy atom.